The Hall–Kier alpha value is -1.40. The number of sulfonamides is 1. The van der Waals surface area contributed by atoms with E-state index in [2.05, 4.69) is 5.32 Å². The molecule has 0 radical (unpaired) electrons. The molecule has 2 rings (SSSR count). The Morgan fingerprint density at radius 1 is 1.21 bits per heavy atom. The van der Waals surface area contributed by atoms with Gasteiger partial charge in [0.25, 0.3) is 5.91 Å². The summed E-state index contributed by atoms with van der Waals surface area (Å²) in [6, 6.07) is 6.40. The molecule has 0 aliphatic heterocycles. The molecule has 1 aromatic carbocycles. The largest absolute Gasteiger partial charge is 0.350 e. The summed E-state index contributed by atoms with van der Waals surface area (Å²) in [6.45, 7) is 3.94. The van der Waals surface area contributed by atoms with E-state index < -0.39 is 10.0 Å². The Bertz CT molecular complexity index is 649. The molecular formula is C18H28N2O3S. The van der Waals surface area contributed by atoms with Crippen molar-refractivity contribution in [1.29, 1.82) is 0 Å². The minimum Gasteiger partial charge on any atom is -0.350 e. The van der Waals surface area contributed by atoms with Crippen LogP contribution in [0.5, 0.6) is 0 Å². The molecule has 24 heavy (non-hydrogen) atoms. The first-order valence-corrected chi connectivity index (χ1v) is 10.2. The van der Waals surface area contributed by atoms with Crippen LogP contribution in [0.4, 0.5) is 0 Å². The molecule has 0 bridgehead atoms. The molecule has 0 saturated heterocycles. The first-order valence-electron chi connectivity index (χ1n) is 8.75. The van der Waals surface area contributed by atoms with Crippen LogP contribution >= 0.6 is 0 Å². The van der Waals surface area contributed by atoms with E-state index >= 15 is 0 Å². The summed E-state index contributed by atoms with van der Waals surface area (Å²) < 4.78 is 27.0. The monoisotopic (exact) mass is 352 g/mol. The van der Waals surface area contributed by atoms with Crippen molar-refractivity contribution in [3.8, 4) is 0 Å². The maximum absolute atomic E-state index is 12.8. The summed E-state index contributed by atoms with van der Waals surface area (Å²) in [6.07, 6.45) is 6.05. The van der Waals surface area contributed by atoms with Crippen molar-refractivity contribution in [1.82, 2.24) is 9.62 Å². The van der Waals surface area contributed by atoms with E-state index in [-0.39, 0.29) is 22.9 Å². The molecule has 6 heteroatoms. The number of carbonyl (C=O) groups excluding carboxylic acids is 1. The van der Waals surface area contributed by atoms with Gasteiger partial charge in [0.1, 0.15) is 0 Å². The van der Waals surface area contributed by atoms with Gasteiger partial charge in [0.05, 0.1) is 4.90 Å². The van der Waals surface area contributed by atoms with Crippen molar-refractivity contribution in [3.63, 3.8) is 0 Å². The highest BCUT2D eigenvalue weighted by molar-refractivity contribution is 7.89. The number of carbonyl (C=O) groups is 1. The Morgan fingerprint density at radius 3 is 2.33 bits per heavy atom. The number of nitrogens with one attached hydrogen (secondary N) is 1. The number of hydrogen-bond donors (Lipinski definition) is 1. The molecule has 0 spiro atoms. The lowest BCUT2D eigenvalue weighted by Gasteiger charge is -2.30. The average molecular weight is 353 g/mol. The fraction of sp³-hybridized carbons (Fsp3) is 0.611. The first-order chi connectivity index (χ1) is 11.4. The van der Waals surface area contributed by atoms with Crippen LogP contribution in [0.15, 0.2) is 29.2 Å². The van der Waals surface area contributed by atoms with Crippen LogP contribution in [-0.4, -0.2) is 37.8 Å². The van der Waals surface area contributed by atoms with Crippen LogP contribution in [0, 0.1) is 0 Å². The molecule has 134 valence electrons. The van der Waals surface area contributed by atoms with Gasteiger partial charge in [-0.05, 0) is 50.5 Å². The predicted octanol–water partition coefficient (Wildman–Crippen LogP) is 3.17. The van der Waals surface area contributed by atoms with Crippen molar-refractivity contribution in [2.75, 3.05) is 7.05 Å². The molecule has 1 amide bonds. The Labute approximate surface area is 145 Å². The van der Waals surface area contributed by atoms with Crippen LogP contribution < -0.4 is 5.32 Å². The number of nitrogens with zero attached hydrogens (tertiary/aromatic N) is 1. The standard InChI is InChI=1S/C18H28N2O3S/c1-4-14(2)19-18(21)15-10-12-17(13-11-15)24(22,23)20(3)16-8-6-5-7-9-16/h10-14,16H,4-9H2,1-3H3,(H,19,21). The fourth-order valence-corrected chi connectivity index (χ4v) is 4.41. The van der Waals surface area contributed by atoms with E-state index in [1.54, 1.807) is 19.2 Å². The summed E-state index contributed by atoms with van der Waals surface area (Å²) in [7, 11) is -1.85. The highest BCUT2D eigenvalue weighted by Crippen LogP contribution is 2.26. The maximum atomic E-state index is 12.8. The van der Waals surface area contributed by atoms with Crippen molar-refractivity contribution in [2.24, 2.45) is 0 Å². The molecule has 1 fully saturated rings. The third-order valence-corrected chi connectivity index (χ3v) is 6.80. The summed E-state index contributed by atoms with van der Waals surface area (Å²) in [5.41, 5.74) is 0.481. The fourth-order valence-electron chi connectivity index (χ4n) is 2.99. The van der Waals surface area contributed by atoms with E-state index in [4.69, 9.17) is 0 Å². The Morgan fingerprint density at radius 2 is 1.79 bits per heavy atom. The number of amides is 1. The average Bonchev–Trinajstić information content (AvgIpc) is 2.61. The van der Waals surface area contributed by atoms with Crippen molar-refractivity contribution < 1.29 is 13.2 Å². The van der Waals surface area contributed by atoms with Crippen LogP contribution in [0.3, 0.4) is 0 Å². The second kappa shape index (κ2) is 8.12. The third kappa shape index (κ3) is 4.36. The minimum atomic E-state index is -3.51. The van der Waals surface area contributed by atoms with Gasteiger partial charge in [-0.25, -0.2) is 8.42 Å². The van der Waals surface area contributed by atoms with E-state index in [1.165, 1.54) is 22.9 Å². The minimum absolute atomic E-state index is 0.0807. The van der Waals surface area contributed by atoms with E-state index in [1.807, 2.05) is 13.8 Å². The third-order valence-electron chi connectivity index (χ3n) is 4.87. The van der Waals surface area contributed by atoms with Crippen LogP contribution in [0.25, 0.3) is 0 Å². The quantitative estimate of drug-likeness (QED) is 0.855. The molecule has 1 atom stereocenters. The zero-order chi connectivity index (χ0) is 17.7. The topological polar surface area (TPSA) is 66.5 Å². The van der Waals surface area contributed by atoms with E-state index in [0.29, 0.717) is 5.56 Å². The first kappa shape index (κ1) is 18.9. The molecule has 1 N–H and O–H groups in total. The smallest absolute Gasteiger partial charge is 0.251 e. The Kier molecular flexibility index (Phi) is 6.40. The van der Waals surface area contributed by atoms with Gasteiger partial charge in [-0.15, -0.1) is 0 Å². The maximum Gasteiger partial charge on any atom is 0.251 e. The number of rotatable bonds is 6. The van der Waals surface area contributed by atoms with Gasteiger partial charge in [0, 0.05) is 24.7 Å². The van der Waals surface area contributed by atoms with Gasteiger partial charge < -0.3 is 5.32 Å². The van der Waals surface area contributed by atoms with Crippen molar-refractivity contribution in [3.05, 3.63) is 29.8 Å². The Balaban J connectivity index is 2.12. The predicted molar refractivity (Wildman–Crippen MR) is 95.5 cm³/mol. The van der Waals surface area contributed by atoms with Gasteiger partial charge >= 0.3 is 0 Å². The van der Waals surface area contributed by atoms with Crippen LogP contribution in [0.2, 0.25) is 0 Å². The van der Waals surface area contributed by atoms with E-state index in [9.17, 15) is 13.2 Å². The van der Waals surface area contributed by atoms with E-state index in [0.717, 1.165) is 32.1 Å². The number of hydrogen-bond acceptors (Lipinski definition) is 3. The molecule has 0 aromatic heterocycles. The molecule has 0 heterocycles. The van der Waals surface area contributed by atoms with Crippen molar-refractivity contribution >= 4 is 15.9 Å². The second-order valence-electron chi connectivity index (χ2n) is 6.62. The lowest BCUT2D eigenvalue weighted by atomic mass is 9.96. The highest BCUT2D eigenvalue weighted by atomic mass is 32.2. The normalized spacial score (nSPS) is 17.7. The molecular weight excluding hydrogens is 324 g/mol. The van der Waals surface area contributed by atoms with Crippen LogP contribution in [0.1, 0.15) is 62.7 Å². The van der Waals surface area contributed by atoms with Crippen molar-refractivity contribution in [2.45, 2.75) is 69.4 Å². The van der Waals surface area contributed by atoms with Crippen LogP contribution in [-0.2, 0) is 10.0 Å². The number of benzene rings is 1. The lowest BCUT2D eigenvalue weighted by Crippen LogP contribution is -2.38. The molecule has 1 saturated carbocycles. The summed E-state index contributed by atoms with van der Waals surface area (Å²) in [4.78, 5) is 12.3. The second-order valence-corrected chi connectivity index (χ2v) is 8.62. The summed E-state index contributed by atoms with van der Waals surface area (Å²) in [5, 5.41) is 2.88. The summed E-state index contributed by atoms with van der Waals surface area (Å²) >= 11 is 0. The van der Waals surface area contributed by atoms with Gasteiger partial charge in [-0.1, -0.05) is 26.2 Å². The zero-order valence-corrected chi connectivity index (χ0v) is 15.6. The molecule has 5 nitrogen and oxygen atoms in total. The molecule has 1 unspecified atom stereocenters. The molecule has 1 aromatic rings. The molecule has 1 aliphatic rings. The molecule has 1 aliphatic carbocycles. The van der Waals surface area contributed by atoms with Gasteiger partial charge in [-0.3, -0.25) is 4.79 Å². The highest BCUT2D eigenvalue weighted by Gasteiger charge is 2.29. The zero-order valence-electron chi connectivity index (χ0n) is 14.8. The van der Waals surface area contributed by atoms with Gasteiger partial charge in [0.2, 0.25) is 10.0 Å². The SMILES string of the molecule is CCC(C)NC(=O)c1ccc(S(=O)(=O)N(C)C2CCCCC2)cc1. The lowest BCUT2D eigenvalue weighted by molar-refractivity contribution is 0.0939. The van der Waals surface area contributed by atoms with Gasteiger partial charge in [-0.2, -0.15) is 4.31 Å². The van der Waals surface area contributed by atoms with Gasteiger partial charge in [0.15, 0.2) is 0 Å². The summed E-state index contributed by atoms with van der Waals surface area (Å²) in [5.74, 6) is -0.172.